The number of rotatable bonds is 3. The maximum Gasteiger partial charge on any atom is 0.262 e. The van der Waals surface area contributed by atoms with Crippen LogP contribution in [0.5, 0.6) is 0 Å². The minimum absolute atomic E-state index is 0.198. The number of carbonyl (C=O) groups is 1. The molecule has 0 bridgehead atoms. The van der Waals surface area contributed by atoms with Gasteiger partial charge in [-0.2, -0.15) is 5.26 Å². The summed E-state index contributed by atoms with van der Waals surface area (Å²) in [6, 6.07) is 12.6. The number of nitrogens with one attached hydrogen (secondary N) is 1. The Hall–Kier alpha value is -2.12. The van der Waals surface area contributed by atoms with Gasteiger partial charge in [0.1, 0.15) is 6.04 Å². The van der Waals surface area contributed by atoms with Crippen LogP contribution in [0.1, 0.15) is 31.7 Å². The first-order valence-corrected chi connectivity index (χ1v) is 6.76. The van der Waals surface area contributed by atoms with Crippen LogP contribution in [0.25, 0.3) is 0 Å². The van der Waals surface area contributed by atoms with E-state index in [4.69, 9.17) is 0 Å². The van der Waals surface area contributed by atoms with Crippen molar-refractivity contribution in [2.45, 2.75) is 19.9 Å². The van der Waals surface area contributed by atoms with Gasteiger partial charge >= 0.3 is 0 Å². The molecular formula is C15H14N2OS. The molecule has 19 heavy (non-hydrogen) atoms. The summed E-state index contributed by atoms with van der Waals surface area (Å²) in [6.45, 7) is 3.96. The molecule has 0 saturated carbocycles. The minimum atomic E-state index is -0.614. The van der Waals surface area contributed by atoms with Gasteiger partial charge in [0, 0.05) is 4.88 Å². The Morgan fingerprint density at radius 2 is 2.00 bits per heavy atom. The first-order valence-electron chi connectivity index (χ1n) is 5.94. The maximum atomic E-state index is 12.1. The van der Waals surface area contributed by atoms with Gasteiger partial charge in [-0.25, -0.2) is 0 Å². The number of thiophene rings is 1. The lowest BCUT2D eigenvalue weighted by molar-refractivity contribution is 0.0949. The molecule has 1 N–H and O–H groups in total. The van der Waals surface area contributed by atoms with Crippen molar-refractivity contribution in [1.29, 1.82) is 5.26 Å². The lowest BCUT2D eigenvalue weighted by Crippen LogP contribution is -2.26. The number of hydrogen-bond acceptors (Lipinski definition) is 3. The van der Waals surface area contributed by atoms with Crippen molar-refractivity contribution in [3.63, 3.8) is 0 Å². The van der Waals surface area contributed by atoms with E-state index in [1.54, 1.807) is 0 Å². The monoisotopic (exact) mass is 270 g/mol. The molecule has 0 radical (unpaired) electrons. The maximum absolute atomic E-state index is 12.1. The van der Waals surface area contributed by atoms with Gasteiger partial charge in [-0.15, -0.1) is 11.3 Å². The molecule has 1 aromatic carbocycles. The molecule has 2 aromatic rings. The number of nitriles is 1. The Kier molecular flexibility index (Phi) is 3.98. The first-order chi connectivity index (χ1) is 9.11. The van der Waals surface area contributed by atoms with Crippen molar-refractivity contribution in [1.82, 2.24) is 5.32 Å². The van der Waals surface area contributed by atoms with E-state index in [1.807, 2.05) is 50.2 Å². The first kappa shape index (κ1) is 13.3. The summed E-state index contributed by atoms with van der Waals surface area (Å²) < 4.78 is 0. The van der Waals surface area contributed by atoms with Gasteiger partial charge in [-0.05, 0) is 31.0 Å². The van der Waals surface area contributed by atoms with Gasteiger partial charge in [-0.1, -0.05) is 30.3 Å². The summed E-state index contributed by atoms with van der Waals surface area (Å²) in [7, 11) is 0. The highest BCUT2D eigenvalue weighted by Crippen LogP contribution is 2.21. The molecule has 0 aliphatic heterocycles. The molecular weight excluding hydrogens is 256 g/mol. The number of benzene rings is 1. The molecule has 1 atom stereocenters. The van der Waals surface area contributed by atoms with Crippen LogP contribution < -0.4 is 5.32 Å². The summed E-state index contributed by atoms with van der Waals surface area (Å²) in [6.07, 6.45) is 0. The second kappa shape index (κ2) is 5.68. The number of carbonyl (C=O) groups excluding carboxylic acids is 1. The van der Waals surface area contributed by atoms with Crippen LogP contribution >= 0.6 is 11.3 Å². The third-order valence-corrected chi connectivity index (χ3v) is 4.08. The van der Waals surface area contributed by atoms with Crippen molar-refractivity contribution in [2.75, 3.05) is 0 Å². The van der Waals surface area contributed by atoms with Gasteiger partial charge in [0.25, 0.3) is 5.91 Å². The van der Waals surface area contributed by atoms with Gasteiger partial charge in [0.05, 0.1) is 10.9 Å². The third-order valence-electron chi connectivity index (χ3n) is 2.93. The average molecular weight is 270 g/mol. The van der Waals surface area contributed by atoms with E-state index in [0.717, 1.165) is 16.0 Å². The third kappa shape index (κ3) is 3.01. The zero-order valence-electron chi connectivity index (χ0n) is 10.8. The summed E-state index contributed by atoms with van der Waals surface area (Å²) >= 11 is 1.45. The predicted molar refractivity (Wildman–Crippen MR) is 76.1 cm³/mol. The Balaban J connectivity index is 2.16. The van der Waals surface area contributed by atoms with Crippen molar-refractivity contribution in [3.8, 4) is 6.07 Å². The summed E-state index contributed by atoms with van der Waals surface area (Å²) in [5.74, 6) is -0.198. The molecule has 96 valence electrons. The van der Waals surface area contributed by atoms with Crippen molar-refractivity contribution in [3.05, 3.63) is 57.3 Å². The fourth-order valence-electron chi connectivity index (χ4n) is 1.72. The van der Waals surface area contributed by atoms with Gasteiger partial charge in [0.2, 0.25) is 0 Å². The Morgan fingerprint density at radius 3 is 2.53 bits per heavy atom. The van der Waals surface area contributed by atoms with E-state index in [2.05, 4.69) is 11.4 Å². The minimum Gasteiger partial charge on any atom is -0.332 e. The number of nitrogens with zero attached hydrogens (tertiary/aromatic N) is 1. The van der Waals surface area contributed by atoms with Gasteiger partial charge < -0.3 is 5.32 Å². The SMILES string of the molecule is Cc1cc(C(=O)NC(C#N)c2ccccc2)sc1C. The van der Waals surface area contributed by atoms with Gasteiger partial charge in [-0.3, -0.25) is 4.79 Å². The molecule has 1 heterocycles. The van der Waals surface area contributed by atoms with Crippen LogP contribution in [-0.2, 0) is 0 Å². The van der Waals surface area contributed by atoms with Gasteiger partial charge in [0.15, 0.2) is 0 Å². The van der Waals surface area contributed by atoms with E-state index < -0.39 is 6.04 Å². The Bertz CT molecular complexity index is 606. The van der Waals surface area contributed by atoms with Crippen molar-refractivity contribution in [2.24, 2.45) is 0 Å². The second-order valence-electron chi connectivity index (χ2n) is 4.30. The van der Waals surface area contributed by atoms with E-state index >= 15 is 0 Å². The van der Waals surface area contributed by atoms with E-state index in [-0.39, 0.29) is 5.91 Å². The van der Waals surface area contributed by atoms with Crippen LogP contribution in [-0.4, -0.2) is 5.91 Å². The number of hydrogen-bond donors (Lipinski definition) is 1. The van der Waals surface area contributed by atoms with Crippen LogP contribution in [0.2, 0.25) is 0 Å². The van der Waals surface area contributed by atoms with E-state index in [9.17, 15) is 10.1 Å². The fraction of sp³-hybridized carbons (Fsp3) is 0.200. The molecule has 0 aliphatic carbocycles. The molecule has 0 fully saturated rings. The van der Waals surface area contributed by atoms with Crippen LogP contribution in [0.15, 0.2) is 36.4 Å². The lowest BCUT2D eigenvalue weighted by Gasteiger charge is -2.10. The summed E-state index contributed by atoms with van der Waals surface area (Å²) in [5.41, 5.74) is 1.90. The lowest BCUT2D eigenvalue weighted by atomic mass is 10.1. The summed E-state index contributed by atoms with van der Waals surface area (Å²) in [4.78, 5) is 13.9. The normalized spacial score (nSPS) is 11.6. The molecule has 2 rings (SSSR count). The predicted octanol–water partition coefficient (Wildman–Crippen LogP) is 3.36. The molecule has 3 nitrogen and oxygen atoms in total. The standard InChI is InChI=1S/C15H14N2OS/c1-10-8-14(19-11(10)2)15(18)17-13(9-16)12-6-4-3-5-7-12/h3-8,13H,1-2H3,(H,17,18). The number of amides is 1. The summed E-state index contributed by atoms with van der Waals surface area (Å²) in [5, 5.41) is 11.9. The van der Waals surface area contributed by atoms with Crippen molar-refractivity contribution < 1.29 is 4.79 Å². The number of aryl methyl sites for hydroxylation is 2. The fourth-order valence-corrected chi connectivity index (χ4v) is 2.66. The van der Waals surface area contributed by atoms with E-state index in [0.29, 0.717) is 4.88 Å². The molecule has 1 amide bonds. The smallest absolute Gasteiger partial charge is 0.262 e. The molecule has 4 heteroatoms. The average Bonchev–Trinajstić information content (AvgIpc) is 2.77. The Morgan fingerprint density at radius 1 is 1.32 bits per heavy atom. The molecule has 0 saturated heterocycles. The molecule has 0 aliphatic rings. The Labute approximate surface area is 116 Å². The van der Waals surface area contributed by atoms with Crippen LogP contribution in [0, 0.1) is 25.2 Å². The highest BCUT2D eigenvalue weighted by Gasteiger charge is 2.16. The highest BCUT2D eigenvalue weighted by molar-refractivity contribution is 7.14. The molecule has 1 unspecified atom stereocenters. The topological polar surface area (TPSA) is 52.9 Å². The quantitative estimate of drug-likeness (QED) is 0.929. The largest absolute Gasteiger partial charge is 0.332 e. The zero-order chi connectivity index (χ0) is 13.8. The van der Waals surface area contributed by atoms with Crippen LogP contribution in [0.3, 0.4) is 0 Å². The van der Waals surface area contributed by atoms with Crippen LogP contribution in [0.4, 0.5) is 0 Å². The molecule has 0 spiro atoms. The van der Waals surface area contributed by atoms with Crippen molar-refractivity contribution >= 4 is 17.2 Å². The molecule has 1 aromatic heterocycles. The second-order valence-corrected chi connectivity index (χ2v) is 5.55. The highest BCUT2D eigenvalue weighted by atomic mass is 32.1. The zero-order valence-corrected chi connectivity index (χ0v) is 11.6. The van der Waals surface area contributed by atoms with E-state index in [1.165, 1.54) is 11.3 Å².